The van der Waals surface area contributed by atoms with Crippen LogP contribution in [0.3, 0.4) is 0 Å². The van der Waals surface area contributed by atoms with E-state index in [1.165, 1.54) is 153 Å². The molecule has 0 saturated carbocycles. The van der Waals surface area contributed by atoms with Crippen LogP contribution in [0.2, 0.25) is 0 Å². The average Bonchev–Trinajstić information content (AvgIpc) is 3.16. The van der Waals surface area contributed by atoms with E-state index in [-0.39, 0.29) is 18.8 Å². The van der Waals surface area contributed by atoms with Crippen LogP contribution in [-0.4, -0.2) is 38.1 Å². The van der Waals surface area contributed by atoms with Gasteiger partial charge in [-0.2, -0.15) is 8.42 Å². The lowest BCUT2D eigenvalue weighted by molar-refractivity contribution is 0.0446. The third-order valence-electron chi connectivity index (χ3n) is 10.0. The van der Waals surface area contributed by atoms with Crippen LogP contribution in [0, 0.1) is 0 Å². The average molecular weight is 775 g/mol. The number of esters is 2. The Labute approximate surface area is 331 Å². The third kappa shape index (κ3) is 27.2. The number of rotatable bonds is 37. The summed E-state index contributed by atoms with van der Waals surface area (Å²) in [6, 6.07) is 3.76. The molecule has 0 unspecified atom stereocenters. The van der Waals surface area contributed by atoms with Crippen LogP contribution in [-0.2, 0) is 19.6 Å². The predicted octanol–water partition coefficient (Wildman–Crippen LogP) is 14.1. The molecule has 0 radical (unpaired) electrons. The van der Waals surface area contributed by atoms with Gasteiger partial charge in [-0.1, -0.05) is 173 Å². The molecule has 0 amide bonds. The zero-order valence-corrected chi connectivity index (χ0v) is 35.3. The van der Waals surface area contributed by atoms with Crippen molar-refractivity contribution >= 4 is 22.1 Å². The fourth-order valence-corrected chi connectivity index (χ4v) is 7.36. The van der Waals surface area contributed by atoms with E-state index in [2.05, 4.69) is 38.2 Å². The zero-order chi connectivity index (χ0) is 39.4. The summed E-state index contributed by atoms with van der Waals surface area (Å²) in [6.07, 6.45) is 44.8. The van der Waals surface area contributed by atoms with Crippen molar-refractivity contribution in [2.75, 3.05) is 13.2 Å². The molecule has 0 heterocycles. The Morgan fingerprint density at radius 2 is 0.833 bits per heavy atom. The van der Waals surface area contributed by atoms with Gasteiger partial charge in [-0.15, -0.1) is 0 Å². The Hall–Kier alpha value is -2.45. The first-order valence-electron chi connectivity index (χ1n) is 22.1. The molecule has 0 aliphatic rings. The molecule has 0 bridgehead atoms. The maximum atomic E-state index is 13.0. The number of ether oxygens (including phenoxy) is 2. The number of hydrogen-bond acceptors (Lipinski definition) is 6. The SMILES string of the molecule is CCCCC/C=C/CCCCCCCCCCCCOC(=O)c1cccc(S(=O)(=O)O)c1C(=O)OCCCCCCCCCCCC/C=C/CCCCC. The summed E-state index contributed by atoms with van der Waals surface area (Å²) in [7, 11) is -4.77. The van der Waals surface area contributed by atoms with Gasteiger partial charge < -0.3 is 9.47 Å². The monoisotopic (exact) mass is 775 g/mol. The molecular weight excluding hydrogens is 697 g/mol. The third-order valence-corrected chi connectivity index (χ3v) is 10.9. The van der Waals surface area contributed by atoms with E-state index in [0.717, 1.165) is 44.6 Å². The minimum Gasteiger partial charge on any atom is -0.462 e. The highest BCUT2D eigenvalue weighted by Gasteiger charge is 2.28. The van der Waals surface area contributed by atoms with Gasteiger partial charge in [0, 0.05) is 0 Å². The summed E-state index contributed by atoms with van der Waals surface area (Å²) >= 11 is 0. The Balaban J connectivity index is 2.23. The first-order chi connectivity index (χ1) is 26.3. The Bertz CT molecular complexity index is 1240. The summed E-state index contributed by atoms with van der Waals surface area (Å²) < 4.78 is 44.8. The summed E-state index contributed by atoms with van der Waals surface area (Å²) in [5.74, 6) is -1.74. The molecule has 54 heavy (non-hydrogen) atoms. The first-order valence-corrected chi connectivity index (χ1v) is 23.5. The van der Waals surface area contributed by atoms with E-state index < -0.39 is 32.5 Å². The molecule has 0 fully saturated rings. The highest BCUT2D eigenvalue weighted by atomic mass is 32.2. The quantitative estimate of drug-likeness (QED) is 0.0310. The molecule has 0 atom stereocenters. The van der Waals surface area contributed by atoms with E-state index in [1.807, 2.05) is 0 Å². The van der Waals surface area contributed by atoms with Gasteiger partial charge >= 0.3 is 11.9 Å². The van der Waals surface area contributed by atoms with Crippen molar-refractivity contribution in [3.63, 3.8) is 0 Å². The Morgan fingerprint density at radius 1 is 0.500 bits per heavy atom. The van der Waals surface area contributed by atoms with Crippen molar-refractivity contribution in [3.8, 4) is 0 Å². The molecule has 8 heteroatoms. The lowest BCUT2D eigenvalue weighted by Gasteiger charge is -2.13. The minimum atomic E-state index is -4.77. The van der Waals surface area contributed by atoms with Crippen LogP contribution < -0.4 is 0 Å². The van der Waals surface area contributed by atoms with Gasteiger partial charge in [0.25, 0.3) is 10.1 Å². The van der Waals surface area contributed by atoms with Crippen molar-refractivity contribution in [2.45, 2.75) is 211 Å². The molecule has 7 nitrogen and oxygen atoms in total. The zero-order valence-electron chi connectivity index (χ0n) is 34.5. The maximum Gasteiger partial charge on any atom is 0.340 e. The van der Waals surface area contributed by atoms with Crippen molar-refractivity contribution in [1.29, 1.82) is 0 Å². The van der Waals surface area contributed by atoms with E-state index in [0.29, 0.717) is 12.8 Å². The van der Waals surface area contributed by atoms with Crippen molar-refractivity contribution in [2.24, 2.45) is 0 Å². The molecule has 1 aromatic carbocycles. The highest BCUT2D eigenvalue weighted by Crippen LogP contribution is 2.23. The molecule has 0 spiro atoms. The standard InChI is InChI=1S/C46H78O7S/c1-3-5-7-9-11-13-15-17-19-21-23-25-27-29-31-33-35-40-52-45(47)42-38-37-39-43(54(49,50)51)44(42)46(48)53-41-36-34-32-30-28-26-24-22-20-18-16-14-12-10-8-6-4-2/h11-14,37-39H,3-10,15-36,40-41H2,1-2H3,(H,49,50,51)/b13-11+,14-12+. The number of unbranched alkanes of at least 4 members (excludes halogenated alkanes) is 26. The van der Waals surface area contributed by atoms with Gasteiger partial charge in [-0.3, -0.25) is 4.55 Å². The van der Waals surface area contributed by atoms with Crippen molar-refractivity contribution in [3.05, 3.63) is 53.6 Å². The van der Waals surface area contributed by atoms with Gasteiger partial charge in [0.05, 0.1) is 24.3 Å². The second-order valence-corrected chi connectivity index (χ2v) is 16.4. The summed E-state index contributed by atoms with van der Waals surface area (Å²) in [5, 5.41) is 0. The molecule has 1 rings (SSSR count). The lowest BCUT2D eigenvalue weighted by Crippen LogP contribution is -2.19. The topological polar surface area (TPSA) is 107 Å². The maximum absolute atomic E-state index is 13.0. The van der Waals surface area contributed by atoms with Crippen LogP contribution in [0.15, 0.2) is 47.4 Å². The van der Waals surface area contributed by atoms with Crippen LogP contribution in [0.4, 0.5) is 0 Å². The molecule has 1 aromatic rings. The predicted molar refractivity (Wildman–Crippen MR) is 225 cm³/mol. The fourth-order valence-electron chi connectivity index (χ4n) is 6.66. The summed E-state index contributed by atoms with van der Waals surface area (Å²) in [4.78, 5) is 25.3. The number of carbonyl (C=O) groups excluding carboxylic acids is 2. The lowest BCUT2D eigenvalue weighted by atomic mass is 10.1. The van der Waals surface area contributed by atoms with E-state index in [1.54, 1.807) is 0 Å². The largest absolute Gasteiger partial charge is 0.462 e. The van der Waals surface area contributed by atoms with Crippen molar-refractivity contribution < 1.29 is 32.0 Å². The van der Waals surface area contributed by atoms with Crippen molar-refractivity contribution in [1.82, 2.24) is 0 Å². The van der Waals surface area contributed by atoms with Gasteiger partial charge in [0.1, 0.15) is 4.90 Å². The molecule has 0 saturated heterocycles. The van der Waals surface area contributed by atoms with E-state index in [9.17, 15) is 22.6 Å². The van der Waals surface area contributed by atoms with Gasteiger partial charge in [-0.05, 0) is 76.3 Å². The molecule has 0 aliphatic carbocycles. The summed E-state index contributed by atoms with van der Waals surface area (Å²) in [5.41, 5.74) is -0.677. The second-order valence-electron chi connectivity index (χ2n) is 15.0. The molecule has 310 valence electrons. The molecular formula is C46H78O7S. The highest BCUT2D eigenvalue weighted by molar-refractivity contribution is 7.86. The minimum absolute atomic E-state index is 0.108. The molecule has 1 N–H and O–H groups in total. The molecule has 0 aromatic heterocycles. The fraction of sp³-hybridized carbons (Fsp3) is 0.739. The number of allylic oxidation sites excluding steroid dienone is 4. The van der Waals surface area contributed by atoms with Crippen LogP contribution in [0.5, 0.6) is 0 Å². The van der Waals surface area contributed by atoms with E-state index >= 15 is 0 Å². The van der Waals surface area contributed by atoms with Crippen LogP contribution in [0.25, 0.3) is 0 Å². The van der Waals surface area contributed by atoms with Crippen LogP contribution in [0.1, 0.15) is 227 Å². The van der Waals surface area contributed by atoms with Gasteiger partial charge in [-0.25, -0.2) is 9.59 Å². The number of benzene rings is 1. The Kier molecular flexibility index (Phi) is 32.1. The van der Waals surface area contributed by atoms with Gasteiger partial charge in [0.2, 0.25) is 0 Å². The summed E-state index contributed by atoms with van der Waals surface area (Å²) in [6.45, 7) is 4.76. The number of hydrogen-bond donors (Lipinski definition) is 1. The Morgan fingerprint density at radius 3 is 1.20 bits per heavy atom. The smallest absolute Gasteiger partial charge is 0.340 e. The van der Waals surface area contributed by atoms with E-state index in [4.69, 9.17) is 9.47 Å². The number of carbonyl (C=O) groups is 2. The molecule has 0 aliphatic heterocycles. The second kappa shape index (κ2) is 35.0. The van der Waals surface area contributed by atoms with Gasteiger partial charge in [0.15, 0.2) is 0 Å². The van der Waals surface area contributed by atoms with Crippen LogP contribution >= 0.6 is 0 Å². The first kappa shape index (κ1) is 49.6. The normalized spacial score (nSPS) is 11.9.